The third kappa shape index (κ3) is 4.12. The van der Waals surface area contributed by atoms with Crippen LogP contribution in [0.15, 0.2) is 0 Å². The highest BCUT2D eigenvalue weighted by atomic mass is 16.5. The second-order valence-corrected chi connectivity index (χ2v) is 7.38. The summed E-state index contributed by atoms with van der Waals surface area (Å²) in [4.78, 5) is 30.1. The van der Waals surface area contributed by atoms with Crippen LogP contribution in [0.3, 0.4) is 0 Å². The minimum absolute atomic E-state index is 0.108. The number of ketones is 1. The number of aromatic amines is 1. The molecule has 0 saturated carbocycles. The molecule has 0 radical (unpaired) electrons. The average Bonchev–Trinajstić information content (AvgIpc) is 2.89. The predicted molar refractivity (Wildman–Crippen MR) is 96.2 cm³/mol. The van der Waals surface area contributed by atoms with E-state index in [0.29, 0.717) is 18.7 Å². The minimum atomic E-state index is -0.108. The Kier molecular flexibility index (Phi) is 5.59. The van der Waals surface area contributed by atoms with Gasteiger partial charge < -0.3 is 15.0 Å². The number of carbonyl (C=O) groups excluding carboxylic acids is 2. The highest BCUT2D eigenvalue weighted by Crippen LogP contribution is 2.26. The van der Waals surface area contributed by atoms with Crippen LogP contribution in [0.4, 0.5) is 0 Å². The van der Waals surface area contributed by atoms with Gasteiger partial charge >= 0.3 is 0 Å². The van der Waals surface area contributed by atoms with E-state index in [-0.39, 0.29) is 23.9 Å². The van der Waals surface area contributed by atoms with Crippen LogP contribution in [-0.4, -0.2) is 60.0 Å². The topological polar surface area (TPSA) is 74.4 Å². The normalized spacial score (nSPS) is 24.2. The van der Waals surface area contributed by atoms with Gasteiger partial charge in [0.05, 0.1) is 12.2 Å². The number of hydrogen-bond donors (Lipinski definition) is 2. The summed E-state index contributed by atoms with van der Waals surface area (Å²) in [6.45, 7) is 9.55. The summed E-state index contributed by atoms with van der Waals surface area (Å²) in [5.74, 6) is 0.0491. The number of carbonyl (C=O) groups is 2. The molecule has 6 nitrogen and oxygen atoms in total. The maximum Gasteiger partial charge on any atom is 0.268 e. The molecule has 0 aromatic carbocycles. The van der Waals surface area contributed by atoms with Gasteiger partial charge in [-0.3, -0.25) is 14.5 Å². The van der Waals surface area contributed by atoms with Crippen molar-refractivity contribution in [2.45, 2.75) is 58.7 Å². The first-order valence-corrected chi connectivity index (χ1v) is 9.36. The van der Waals surface area contributed by atoms with Crippen molar-refractivity contribution in [3.05, 3.63) is 22.5 Å². The number of hydrogen-bond acceptors (Lipinski definition) is 4. The number of aryl methyl sites for hydroxylation is 1. The molecule has 2 atom stereocenters. The van der Waals surface area contributed by atoms with Gasteiger partial charge in [-0.2, -0.15) is 0 Å². The molecule has 1 fully saturated rings. The van der Waals surface area contributed by atoms with Crippen molar-refractivity contribution in [1.82, 2.24) is 15.2 Å². The highest BCUT2D eigenvalue weighted by Gasteiger charge is 2.26. The lowest BCUT2D eigenvalue weighted by Crippen LogP contribution is -2.46. The van der Waals surface area contributed by atoms with Crippen LogP contribution in [0.1, 0.15) is 65.2 Å². The summed E-state index contributed by atoms with van der Waals surface area (Å²) >= 11 is 0. The van der Waals surface area contributed by atoms with Crippen molar-refractivity contribution in [3.8, 4) is 0 Å². The Bertz CT molecular complexity index is 643. The third-order valence-corrected chi connectivity index (χ3v) is 5.10. The van der Waals surface area contributed by atoms with Crippen LogP contribution >= 0.6 is 0 Å². The monoisotopic (exact) mass is 347 g/mol. The summed E-state index contributed by atoms with van der Waals surface area (Å²) in [6.07, 6.45) is 3.74. The van der Waals surface area contributed by atoms with Crippen molar-refractivity contribution < 1.29 is 14.3 Å². The first-order chi connectivity index (χ1) is 12.0. The maximum atomic E-state index is 12.5. The van der Waals surface area contributed by atoms with Gasteiger partial charge in [0, 0.05) is 43.9 Å². The van der Waals surface area contributed by atoms with E-state index in [4.69, 9.17) is 4.74 Å². The van der Waals surface area contributed by atoms with Gasteiger partial charge in [0.2, 0.25) is 0 Å². The molecule has 1 aromatic rings. The van der Waals surface area contributed by atoms with Crippen molar-refractivity contribution >= 4 is 11.7 Å². The number of H-pyrrole nitrogens is 1. The van der Waals surface area contributed by atoms with E-state index in [0.717, 1.165) is 55.7 Å². The number of nitrogens with one attached hydrogen (secondary N) is 2. The lowest BCUT2D eigenvalue weighted by molar-refractivity contribution is -0.0680. The standard InChI is InChI=1S/C19H29N3O3/c1-12-10-22(11-13(2)25-12)9-5-8-20-19(24)18-14(3)17-15(21-18)6-4-7-16(17)23/h12-13,21H,4-11H2,1-3H3,(H,20,24)/t12-,13-/m0/s1. The predicted octanol–water partition coefficient (Wildman–Crippen LogP) is 2.07. The fraction of sp³-hybridized carbons (Fsp3) is 0.684. The molecule has 2 aliphatic rings. The summed E-state index contributed by atoms with van der Waals surface area (Å²) in [5, 5.41) is 2.99. The number of rotatable bonds is 5. The molecule has 1 aliphatic carbocycles. The SMILES string of the molecule is Cc1c(C(=O)NCCCN2C[C@H](C)O[C@@H](C)C2)[nH]c2c1C(=O)CCC2. The third-order valence-electron chi connectivity index (χ3n) is 5.10. The second kappa shape index (κ2) is 7.70. The number of aromatic nitrogens is 1. The molecule has 3 rings (SSSR count). The van der Waals surface area contributed by atoms with E-state index < -0.39 is 0 Å². The lowest BCUT2D eigenvalue weighted by atomic mass is 9.94. The molecule has 0 unspecified atom stereocenters. The van der Waals surface area contributed by atoms with Crippen LogP contribution < -0.4 is 5.32 Å². The van der Waals surface area contributed by atoms with E-state index in [1.165, 1.54) is 0 Å². The number of nitrogens with zero attached hydrogens (tertiary/aromatic N) is 1. The first kappa shape index (κ1) is 18.1. The van der Waals surface area contributed by atoms with Gasteiger partial charge in [0.25, 0.3) is 5.91 Å². The highest BCUT2D eigenvalue weighted by molar-refractivity contribution is 6.04. The smallest absolute Gasteiger partial charge is 0.268 e. The van der Waals surface area contributed by atoms with Crippen LogP contribution in [0.25, 0.3) is 0 Å². The molecule has 1 saturated heterocycles. The summed E-state index contributed by atoms with van der Waals surface area (Å²) < 4.78 is 5.74. The van der Waals surface area contributed by atoms with E-state index in [1.54, 1.807) is 0 Å². The molecule has 0 bridgehead atoms. The zero-order chi connectivity index (χ0) is 18.0. The molecule has 2 N–H and O–H groups in total. The quantitative estimate of drug-likeness (QED) is 0.800. The fourth-order valence-corrected chi connectivity index (χ4v) is 4.06. The Balaban J connectivity index is 1.49. The molecule has 1 aromatic heterocycles. The van der Waals surface area contributed by atoms with Crippen molar-refractivity contribution in [2.75, 3.05) is 26.2 Å². The van der Waals surface area contributed by atoms with Crippen molar-refractivity contribution in [3.63, 3.8) is 0 Å². The number of ether oxygens (including phenoxy) is 1. The first-order valence-electron chi connectivity index (χ1n) is 9.36. The number of amides is 1. The van der Waals surface area contributed by atoms with Gasteiger partial charge in [-0.15, -0.1) is 0 Å². The summed E-state index contributed by atoms with van der Waals surface area (Å²) in [7, 11) is 0. The largest absolute Gasteiger partial charge is 0.373 e. The second-order valence-electron chi connectivity index (χ2n) is 7.38. The molecule has 25 heavy (non-hydrogen) atoms. The summed E-state index contributed by atoms with van der Waals surface area (Å²) in [5.41, 5.74) is 3.02. The minimum Gasteiger partial charge on any atom is -0.373 e. The van der Waals surface area contributed by atoms with Crippen LogP contribution in [0.5, 0.6) is 0 Å². The van der Waals surface area contributed by atoms with Gasteiger partial charge in [-0.1, -0.05) is 0 Å². The molecule has 138 valence electrons. The van der Waals surface area contributed by atoms with E-state index in [9.17, 15) is 9.59 Å². The number of fused-ring (bicyclic) bond motifs is 1. The molecule has 2 heterocycles. The van der Waals surface area contributed by atoms with Crippen LogP contribution in [0.2, 0.25) is 0 Å². The lowest BCUT2D eigenvalue weighted by Gasteiger charge is -2.35. The zero-order valence-corrected chi connectivity index (χ0v) is 15.5. The molecule has 6 heteroatoms. The Morgan fingerprint density at radius 3 is 2.68 bits per heavy atom. The van der Waals surface area contributed by atoms with Gasteiger partial charge in [-0.25, -0.2) is 0 Å². The zero-order valence-electron chi connectivity index (χ0n) is 15.5. The van der Waals surface area contributed by atoms with Crippen LogP contribution in [0, 0.1) is 6.92 Å². The Hall–Kier alpha value is -1.66. The van der Waals surface area contributed by atoms with Crippen LogP contribution in [-0.2, 0) is 11.2 Å². The average molecular weight is 347 g/mol. The van der Waals surface area contributed by atoms with Gasteiger partial charge in [0.15, 0.2) is 5.78 Å². The number of morpholine rings is 1. The molecule has 1 amide bonds. The maximum absolute atomic E-state index is 12.5. The van der Waals surface area contributed by atoms with E-state index >= 15 is 0 Å². The van der Waals surface area contributed by atoms with E-state index in [2.05, 4.69) is 29.0 Å². The molecule has 0 spiro atoms. The van der Waals surface area contributed by atoms with E-state index in [1.807, 2.05) is 6.92 Å². The Morgan fingerprint density at radius 2 is 2.00 bits per heavy atom. The number of Topliss-reactive ketones (excluding diaryl/α,β-unsaturated/α-hetero) is 1. The Morgan fingerprint density at radius 1 is 1.28 bits per heavy atom. The fourth-order valence-electron chi connectivity index (χ4n) is 4.06. The van der Waals surface area contributed by atoms with Crippen molar-refractivity contribution in [1.29, 1.82) is 0 Å². The molecule has 1 aliphatic heterocycles. The molecular weight excluding hydrogens is 318 g/mol. The van der Waals surface area contributed by atoms with Gasteiger partial charge in [0.1, 0.15) is 5.69 Å². The Labute approximate surface area is 149 Å². The van der Waals surface area contributed by atoms with Gasteiger partial charge in [-0.05, 0) is 45.6 Å². The molecular formula is C19H29N3O3. The summed E-state index contributed by atoms with van der Waals surface area (Å²) in [6, 6.07) is 0. The van der Waals surface area contributed by atoms with Crippen molar-refractivity contribution in [2.24, 2.45) is 0 Å².